The minimum Gasteiger partial charge on any atom is -0.494 e. The average Bonchev–Trinajstić information content (AvgIpc) is 4.20. The maximum Gasteiger partial charge on any atom is 0.246 e. The van der Waals surface area contributed by atoms with Crippen LogP contribution < -0.4 is 20.3 Å². The highest BCUT2D eigenvalue weighted by Gasteiger charge is 2.40. The highest BCUT2D eigenvalue weighted by atomic mass is 32.1. The number of nitrogens with one attached hydrogen (secondary N) is 2. The highest BCUT2D eigenvalue weighted by Crippen LogP contribution is 2.38. The van der Waals surface area contributed by atoms with Crippen LogP contribution in [0.1, 0.15) is 122 Å². The van der Waals surface area contributed by atoms with E-state index in [0.717, 1.165) is 154 Å². The summed E-state index contributed by atoms with van der Waals surface area (Å²) < 4.78 is 8.18. The second-order valence-electron chi connectivity index (χ2n) is 20.2. The summed E-state index contributed by atoms with van der Waals surface area (Å²) in [6, 6.07) is 27.6. The molecule has 386 valence electrons. The van der Waals surface area contributed by atoms with Crippen molar-refractivity contribution in [1.82, 2.24) is 40.0 Å². The number of thiazole rings is 1. The second kappa shape index (κ2) is 24.8. The molecule has 9 rings (SSSR count). The van der Waals surface area contributed by atoms with E-state index in [1.165, 1.54) is 16.9 Å². The smallest absolute Gasteiger partial charge is 0.246 e. The van der Waals surface area contributed by atoms with Crippen LogP contribution in [0, 0.1) is 12.8 Å². The van der Waals surface area contributed by atoms with Crippen molar-refractivity contribution in [2.75, 3.05) is 64.4 Å². The molecule has 3 aromatic carbocycles. The van der Waals surface area contributed by atoms with Gasteiger partial charge in [0.25, 0.3) is 0 Å². The largest absolute Gasteiger partial charge is 0.494 e. The number of aliphatic hydroxyl groups excluding tert-OH is 1. The first-order valence-corrected chi connectivity index (χ1v) is 27.7. The van der Waals surface area contributed by atoms with Crippen LogP contribution in [0.4, 0.5) is 5.82 Å². The van der Waals surface area contributed by atoms with Crippen molar-refractivity contribution in [2.24, 2.45) is 5.92 Å². The van der Waals surface area contributed by atoms with Crippen LogP contribution in [-0.4, -0.2) is 124 Å². The standard InChI is InChI=1S/C58H73N9O5S/c1-40-52(43-20-10-7-11-21-43)55-60-48(38-51(67(55)63-40)65-31-29-64(30-32-65)33-34-68)45-24-15-19-42(36-45)18-9-5-4-6-14-35-72-47-26-16-25-46(37-47)54(69)49-39-73-57(61-49)50-27-17-28-66(50)58(71)53(44-22-12-8-13-23-44)62-56(70)41(2)59-3/h7,10-11,15-16,19-21,24-26,36-39,41,44,50,53,59,68H,4-6,8-9,12-14,17-18,22-23,27-35H2,1-3H3,(H,62,70)/t41-,50-,53-/m0/s1. The lowest BCUT2D eigenvalue weighted by Crippen LogP contribution is -2.55. The van der Waals surface area contributed by atoms with Gasteiger partial charge in [0.15, 0.2) is 5.65 Å². The van der Waals surface area contributed by atoms with E-state index in [1.807, 2.05) is 34.5 Å². The summed E-state index contributed by atoms with van der Waals surface area (Å²) in [5.74, 6) is 1.45. The maximum atomic E-state index is 14.3. The summed E-state index contributed by atoms with van der Waals surface area (Å²) in [5, 5.41) is 23.3. The van der Waals surface area contributed by atoms with Crippen LogP contribution in [0.2, 0.25) is 0 Å². The van der Waals surface area contributed by atoms with Crippen LogP contribution in [0.5, 0.6) is 5.75 Å². The van der Waals surface area contributed by atoms with E-state index in [2.05, 4.69) is 82.0 Å². The molecule has 14 nitrogen and oxygen atoms in total. The van der Waals surface area contributed by atoms with Gasteiger partial charge in [-0.05, 0) is 101 Å². The number of rotatable bonds is 22. The number of hydrogen-bond donors (Lipinski definition) is 3. The van der Waals surface area contributed by atoms with Gasteiger partial charge in [0.2, 0.25) is 17.6 Å². The van der Waals surface area contributed by atoms with Crippen LogP contribution in [-0.2, 0) is 16.0 Å². The number of hydrogen-bond acceptors (Lipinski definition) is 12. The zero-order chi connectivity index (χ0) is 50.7. The molecule has 0 unspecified atom stereocenters. The van der Waals surface area contributed by atoms with Gasteiger partial charge in [-0.25, -0.2) is 9.97 Å². The topological polar surface area (TPSA) is 158 Å². The van der Waals surface area contributed by atoms with Crippen molar-refractivity contribution < 1.29 is 24.2 Å². The lowest BCUT2D eigenvalue weighted by atomic mass is 9.83. The van der Waals surface area contributed by atoms with Gasteiger partial charge in [-0.15, -0.1) is 11.3 Å². The van der Waals surface area contributed by atoms with Crippen molar-refractivity contribution in [3.63, 3.8) is 0 Å². The monoisotopic (exact) mass is 1010 g/mol. The minimum atomic E-state index is -0.566. The summed E-state index contributed by atoms with van der Waals surface area (Å²) in [7, 11) is 1.75. The number of amides is 2. The van der Waals surface area contributed by atoms with Crippen LogP contribution >= 0.6 is 11.3 Å². The first kappa shape index (κ1) is 51.9. The van der Waals surface area contributed by atoms with E-state index in [0.29, 0.717) is 36.7 Å². The number of piperazine rings is 1. The first-order valence-electron chi connectivity index (χ1n) is 26.8. The molecule has 1 saturated carbocycles. The fraction of sp³-hybridized carbons (Fsp3) is 0.483. The lowest BCUT2D eigenvalue weighted by molar-refractivity contribution is -0.139. The number of ether oxygens (including phenoxy) is 1. The summed E-state index contributed by atoms with van der Waals surface area (Å²) >= 11 is 1.43. The molecule has 2 aliphatic heterocycles. The van der Waals surface area contributed by atoms with Gasteiger partial charge in [0.05, 0.1) is 36.7 Å². The molecule has 5 heterocycles. The number of anilines is 1. The zero-order valence-electron chi connectivity index (χ0n) is 42.9. The molecule has 0 radical (unpaired) electrons. The van der Waals surface area contributed by atoms with Crippen LogP contribution in [0.3, 0.4) is 0 Å². The molecular formula is C58H73N9O5S. The van der Waals surface area contributed by atoms with Crippen molar-refractivity contribution >= 4 is 40.4 Å². The molecular weight excluding hydrogens is 935 g/mol. The third-order valence-electron chi connectivity index (χ3n) is 15.2. The van der Waals surface area contributed by atoms with E-state index in [4.69, 9.17) is 19.8 Å². The normalized spacial score (nSPS) is 17.5. The molecule has 3 aliphatic rings. The van der Waals surface area contributed by atoms with Gasteiger partial charge in [0, 0.05) is 67.4 Å². The number of aromatic nitrogens is 4. The molecule has 0 spiro atoms. The van der Waals surface area contributed by atoms with Gasteiger partial charge in [-0.1, -0.05) is 99.2 Å². The fourth-order valence-corrected chi connectivity index (χ4v) is 11.9. The number of aliphatic hydroxyl groups is 1. The minimum absolute atomic E-state index is 0.0384. The quantitative estimate of drug-likeness (QED) is 0.0440. The molecule has 0 bridgehead atoms. The zero-order valence-corrected chi connectivity index (χ0v) is 43.8. The molecule has 6 aromatic rings. The third kappa shape index (κ3) is 12.5. The number of nitrogens with zero attached hydrogens (tertiary/aromatic N) is 7. The Morgan fingerprint density at radius 1 is 0.822 bits per heavy atom. The van der Waals surface area contributed by atoms with Crippen molar-refractivity contribution in [3.8, 4) is 28.1 Å². The number of ketones is 1. The Morgan fingerprint density at radius 2 is 1.59 bits per heavy atom. The number of fused-ring (bicyclic) bond motifs is 1. The fourth-order valence-electron chi connectivity index (χ4n) is 10.9. The summed E-state index contributed by atoms with van der Waals surface area (Å²) in [5.41, 5.74) is 8.21. The van der Waals surface area contributed by atoms with E-state index in [-0.39, 0.29) is 36.2 Å². The van der Waals surface area contributed by atoms with Crippen LogP contribution in [0.15, 0.2) is 90.3 Å². The molecule has 15 heteroatoms. The Kier molecular flexibility index (Phi) is 17.6. The number of carbonyl (C=O) groups excluding carboxylic acids is 3. The number of likely N-dealkylation sites (N-methyl/N-ethyl adjacent to an activating group) is 1. The van der Waals surface area contributed by atoms with Crippen LogP contribution in [0.25, 0.3) is 28.0 Å². The second-order valence-corrected chi connectivity index (χ2v) is 21.1. The molecule has 2 amide bonds. The predicted octanol–water partition coefficient (Wildman–Crippen LogP) is 9.08. The number of carbonyl (C=O) groups is 3. The Morgan fingerprint density at radius 3 is 2.38 bits per heavy atom. The summed E-state index contributed by atoms with van der Waals surface area (Å²) in [6.45, 7) is 9.39. The number of likely N-dealkylation sites (tertiary alicyclic amines) is 1. The molecule has 3 N–H and O–H groups in total. The third-order valence-corrected chi connectivity index (χ3v) is 16.2. The average molecular weight is 1010 g/mol. The summed E-state index contributed by atoms with van der Waals surface area (Å²) in [6.07, 6.45) is 13.1. The van der Waals surface area contributed by atoms with Crippen molar-refractivity contribution in [1.29, 1.82) is 0 Å². The Hall–Kier alpha value is -6.00. The Labute approximate surface area is 434 Å². The van der Waals surface area contributed by atoms with Crippen molar-refractivity contribution in [3.05, 3.63) is 118 Å². The molecule has 3 aromatic heterocycles. The number of unbranched alkanes of at least 4 members (excludes halogenated alkanes) is 4. The maximum absolute atomic E-state index is 14.3. The van der Waals surface area contributed by atoms with Crippen molar-refractivity contribution in [2.45, 2.75) is 115 Å². The van der Waals surface area contributed by atoms with Gasteiger partial charge in [-0.3, -0.25) is 19.3 Å². The number of aryl methyl sites for hydroxylation is 2. The van der Waals surface area contributed by atoms with E-state index < -0.39 is 12.1 Å². The van der Waals surface area contributed by atoms with E-state index >= 15 is 0 Å². The molecule has 2 saturated heterocycles. The van der Waals surface area contributed by atoms with E-state index in [1.54, 1.807) is 24.6 Å². The lowest BCUT2D eigenvalue weighted by Gasteiger charge is -2.35. The first-order chi connectivity index (χ1) is 35.7. The molecule has 3 fully saturated rings. The number of β-amino-alcohol motifs (C(OH)–C–C–N with tert-alkyl or cyclic N) is 1. The molecule has 3 atom stereocenters. The summed E-state index contributed by atoms with van der Waals surface area (Å²) in [4.78, 5) is 57.8. The highest BCUT2D eigenvalue weighted by molar-refractivity contribution is 7.10. The Balaban J connectivity index is 0.758. The van der Waals surface area contributed by atoms with Gasteiger partial charge in [-0.2, -0.15) is 9.61 Å². The molecule has 73 heavy (non-hydrogen) atoms. The predicted molar refractivity (Wildman–Crippen MR) is 289 cm³/mol. The number of benzene rings is 3. The Bertz CT molecular complexity index is 2800. The van der Waals surface area contributed by atoms with Gasteiger partial charge < -0.3 is 30.3 Å². The van der Waals surface area contributed by atoms with Gasteiger partial charge >= 0.3 is 0 Å². The molecule has 1 aliphatic carbocycles. The SMILES string of the molecule is CN[C@@H](C)C(=O)N[C@H](C(=O)N1CCC[C@H]1c1nc(C(=O)c2cccc(OCCCCCCCc3cccc(-c4cc(N5CCN(CCO)CC5)n5nc(C)c(-c6ccccc6)c5n4)c3)c2)cs1)C1CCCCC1. The van der Waals surface area contributed by atoms with Gasteiger partial charge in [0.1, 0.15) is 28.3 Å². The van der Waals surface area contributed by atoms with E-state index in [9.17, 15) is 19.5 Å².